The molecule has 0 saturated heterocycles. The van der Waals surface area contributed by atoms with E-state index in [2.05, 4.69) is 140 Å². The molecule has 3 atom stereocenters. The van der Waals surface area contributed by atoms with E-state index in [1.54, 1.807) is 0 Å². The molecule has 0 spiro atoms. The molecule has 2 heterocycles. The van der Waals surface area contributed by atoms with Crippen molar-refractivity contribution in [3.63, 3.8) is 0 Å². The molecule has 0 bridgehead atoms. The minimum Gasteiger partial charge on any atom is -0.484 e. The van der Waals surface area contributed by atoms with Crippen LogP contribution in [0.3, 0.4) is 0 Å². The molecule has 3 unspecified atom stereocenters. The van der Waals surface area contributed by atoms with Crippen molar-refractivity contribution >= 4 is 66.8 Å². The largest absolute Gasteiger partial charge is 0.484 e. The van der Waals surface area contributed by atoms with Crippen LogP contribution in [0.5, 0.6) is 17.2 Å². The Morgan fingerprint density at radius 1 is 0.644 bits per heavy atom. The molecule has 0 saturated carbocycles. The third-order valence-corrected chi connectivity index (χ3v) is 15.2. The second-order valence-corrected chi connectivity index (χ2v) is 16.9. The number of fused-ring (bicyclic) bond motifs is 12. The Balaban J connectivity index is 1.27. The number of hydrogen-bond acceptors (Lipinski definition) is 3. The summed E-state index contributed by atoms with van der Waals surface area (Å²) in [4.78, 5) is 0. The molecule has 0 amide bonds. The van der Waals surface area contributed by atoms with E-state index in [0.29, 0.717) is 0 Å². The molecule has 10 rings (SSSR count). The van der Waals surface area contributed by atoms with Crippen LogP contribution < -0.4 is 20.1 Å². The van der Waals surface area contributed by atoms with Crippen LogP contribution in [0.4, 0.5) is 0 Å². The molecule has 2 aliphatic heterocycles. The minimum atomic E-state index is -2.45. The summed E-state index contributed by atoms with van der Waals surface area (Å²) in [6.07, 6.45) is 4.27. The van der Waals surface area contributed by atoms with Gasteiger partial charge in [-0.05, 0) is 92.3 Å². The van der Waals surface area contributed by atoms with Crippen LogP contribution in [-0.2, 0) is 11.8 Å². The third-order valence-electron chi connectivity index (χ3n) is 9.91. The van der Waals surface area contributed by atoms with Crippen LogP contribution in [0, 0.1) is 6.92 Å². The molecule has 3 aliphatic rings. The first-order valence-corrected chi connectivity index (χ1v) is 18.3. The Morgan fingerprint density at radius 3 is 2.09 bits per heavy atom. The Bertz CT molecular complexity index is 2480. The first-order valence-electron chi connectivity index (χ1n) is 15.4. The summed E-state index contributed by atoms with van der Waals surface area (Å²) in [5.41, 5.74) is 5.91. The van der Waals surface area contributed by atoms with Crippen molar-refractivity contribution in [2.24, 2.45) is 0 Å². The molecule has 0 aromatic heterocycles. The van der Waals surface area contributed by atoms with Crippen LogP contribution in [0.2, 0.25) is 0 Å². The predicted molar refractivity (Wildman–Crippen MR) is 192 cm³/mol. The fraction of sp³-hybridized carbons (Fsp3) is 0.0732. The number of benzene rings is 7. The molecule has 7 aromatic rings. The lowest BCUT2D eigenvalue weighted by Crippen LogP contribution is -2.41. The summed E-state index contributed by atoms with van der Waals surface area (Å²) >= 11 is 7.06. The molecular formula is C41H27O2PS. The number of hydrogen-bond donors (Lipinski definition) is 0. The van der Waals surface area contributed by atoms with Gasteiger partial charge in [0, 0.05) is 16.9 Å². The van der Waals surface area contributed by atoms with Gasteiger partial charge < -0.3 is 9.47 Å². The van der Waals surface area contributed by atoms with Gasteiger partial charge in [-0.2, -0.15) is 0 Å². The molecule has 0 fully saturated rings. The smallest absolute Gasteiger partial charge is 0.140 e. The standard InChI is InChI=1S/C41H27O2PS/c1-24-14-19-35-38(22-24)44(45)40-28-9-3-2-8-25(28)16-20-36(40)43-39-27(18-21-37(42-35)41(39)44)26-15-17-33-31-12-5-4-10-29(31)30-11-6-7-13-32(30)34(33)23-26/h2-23,36,40H,1H3. The Morgan fingerprint density at radius 2 is 1.31 bits per heavy atom. The second-order valence-electron chi connectivity index (χ2n) is 12.4. The molecule has 4 heteroatoms. The van der Waals surface area contributed by atoms with Gasteiger partial charge in [-0.1, -0.05) is 114 Å². The van der Waals surface area contributed by atoms with Gasteiger partial charge in [-0.3, -0.25) is 0 Å². The SMILES string of the molecule is Cc1ccc2c(c1)P1(=S)c3c(ccc(-c4ccc5c6ccccc6c6ccccc6c5c4)c3OC3C=Cc4ccccc4C31)O2. The summed E-state index contributed by atoms with van der Waals surface area (Å²) in [5.74, 6) is 2.58. The maximum atomic E-state index is 7.10. The molecule has 2 nitrogen and oxygen atoms in total. The molecule has 214 valence electrons. The highest BCUT2D eigenvalue weighted by Gasteiger charge is 2.51. The summed E-state index contributed by atoms with van der Waals surface area (Å²) in [6, 6.07) is 41.3. The van der Waals surface area contributed by atoms with Crippen molar-refractivity contribution in [3.05, 3.63) is 144 Å². The Kier molecular flexibility index (Phi) is 5.22. The van der Waals surface area contributed by atoms with Gasteiger partial charge >= 0.3 is 0 Å². The van der Waals surface area contributed by atoms with Crippen LogP contribution in [0.25, 0.3) is 49.5 Å². The Labute approximate surface area is 266 Å². The van der Waals surface area contributed by atoms with Crippen LogP contribution in [0.15, 0.2) is 127 Å². The third kappa shape index (κ3) is 3.43. The lowest BCUT2D eigenvalue weighted by molar-refractivity contribution is 0.241. The van der Waals surface area contributed by atoms with Gasteiger partial charge in [-0.15, -0.1) is 0 Å². The van der Waals surface area contributed by atoms with Crippen molar-refractivity contribution in [1.82, 2.24) is 0 Å². The van der Waals surface area contributed by atoms with E-state index >= 15 is 0 Å². The van der Waals surface area contributed by atoms with E-state index in [4.69, 9.17) is 21.3 Å². The maximum absolute atomic E-state index is 7.10. The highest BCUT2D eigenvalue weighted by molar-refractivity contribution is 8.22. The average Bonchev–Trinajstić information content (AvgIpc) is 3.08. The van der Waals surface area contributed by atoms with Gasteiger partial charge in [-0.25, -0.2) is 0 Å². The van der Waals surface area contributed by atoms with Gasteiger partial charge in [0.1, 0.15) is 23.4 Å². The zero-order valence-electron chi connectivity index (χ0n) is 24.5. The maximum Gasteiger partial charge on any atom is 0.140 e. The van der Waals surface area contributed by atoms with Gasteiger partial charge in [0.05, 0.1) is 11.0 Å². The van der Waals surface area contributed by atoms with E-state index in [-0.39, 0.29) is 11.8 Å². The number of aryl methyl sites for hydroxylation is 1. The zero-order chi connectivity index (χ0) is 29.9. The molecule has 45 heavy (non-hydrogen) atoms. The van der Waals surface area contributed by atoms with E-state index in [1.165, 1.54) is 49.0 Å². The number of rotatable bonds is 1. The minimum absolute atomic E-state index is 0.0339. The average molecular weight is 615 g/mol. The fourth-order valence-corrected chi connectivity index (χ4v) is 13.4. The first kappa shape index (κ1) is 25.6. The number of ether oxygens (including phenoxy) is 2. The molecule has 0 radical (unpaired) electrons. The highest BCUT2D eigenvalue weighted by Crippen LogP contribution is 2.70. The molecule has 7 aromatic carbocycles. The van der Waals surface area contributed by atoms with Crippen LogP contribution in [-0.4, -0.2) is 6.10 Å². The second kappa shape index (κ2) is 9.17. The molecular weight excluding hydrogens is 587 g/mol. The lowest BCUT2D eigenvalue weighted by atomic mass is 9.91. The van der Waals surface area contributed by atoms with Crippen molar-refractivity contribution in [1.29, 1.82) is 0 Å². The van der Waals surface area contributed by atoms with Crippen molar-refractivity contribution in [2.45, 2.75) is 18.7 Å². The summed E-state index contributed by atoms with van der Waals surface area (Å²) in [5, 5.41) is 9.80. The monoisotopic (exact) mass is 614 g/mol. The molecule has 1 aliphatic carbocycles. The summed E-state index contributed by atoms with van der Waals surface area (Å²) in [6.45, 7) is 2.14. The van der Waals surface area contributed by atoms with Crippen molar-refractivity contribution in [3.8, 4) is 28.4 Å². The first-order chi connectivity index (χ1) is 22.1. The highest BCUT2D eigenvalue weighted by atomic mass is 32.4. The van der Waals surface area contributed by atoms with Crippen molar-refractivity contribution < 1.29 is 9.47 Å². The van der Waals surface area contributed by atoms with Crippen LogP contribution in [0.1, 0.15) is 22.3 Å². The normalized spacial score (nSPS) is 20.6. The fourth-order valence-electron chi connectivity index (χ4n) is 7.93. The van der Waals surface area contributed by atoms with Gasteiger partial charge in [0.2, 0.25) is 0 Å². The van der Waals surface area contributed by atoms with Gasteiger partial charge in [0.15, 0.2) is 0 Å². The van der Waals surface area contributed by atoms with Crippen molar-refractivity contribution in [2.75, 3.05) is 0 Å². The summed E-state index contributed by atoms with van der Waals surface area (Å²) in [7, 11) is 0. The summed E-state index contributed by atoms with van der Waals surface area (Å²) < 4.78 is 13.7. The van der Waals surface area contributed by atoms with E-state index in [1.807, 2.05) is 0 Å². The van der Waals surface area contributed by atoms with E-state index in [9.17, 15) is 0 Å². The molecule has 0 N–H and O–H groups in total. The van der Waals surface area contributed by atoms with Crippen LogP contribution >= 0.6 is 6.04 Å². The predicted octanol–water partition coefficient (Wildman–Crippen LogP) is 10.2. The quantitative estimate of drug-likeness (QED) is 0.135. The van der Waals surface area contributed by atoms with E-state index < -0.39 is 6.04 Å². The van der Waals surface area contributed by atoms with E-state index in [0.717, 1.165) is 39.0 Å². The Hall–Kier alpha value is -4.69. The lowest BCUT2D eigenvalue weighted by Gasteiger charge is -2.47. The zero-order valence-corrected chi connectivity index (χ0v) is 26.2. The van der Waals surface area contributed by atoms with Gasteiger partial charge in [0.25, 0.3) is 0 Å². The topological polar surface area (TPSA) is 18.5 Å².